The van der Waals surface area contributed by atoms with E-state index in [0.717, 1.165) is 25.7 Å². The molecular formula is C12H21NO3. The molecule has 16 heavy (non-hydrogen) atoms. The summed E-state index contributed by atoms with van der Waals surface area (Å²) in [5, 5.41) is 21.7. The van der Waals surface area contributed by atoms with Gasteiger partial charge in [0, 0.05) is 24.5 Å². The highest BCUT2D eigenvalue weighted by atomic mass is 16.3. The van der Waals surface area contributed by atoms with E-state index in [-0.39, 0.29) is 30.4 Å². The van der Waals surface area contributed by atoms with Crippen LogP contribution in [0.5, 0.6) is 0 Å². The summed E-state index contributed by atoms with van der Waals surface area (Å²) in [4.78, 5) is 11.8. The summed E-state index contributed by atoms with van der Waals surface area (Å²) in [5.41, 5.74) is 0. The van der Waals surface area contributed by atoms with Crippen LogP contribution in [0.15, 0.2) is 0 Å². The van der Waals surface area contributed by atoms with Crippen LogP contribution in [0.2, 0.25) is 0 Å². The molecule has 3 N–H and O–H groups in total. The topological polar surface area (TPSA) is 69.6 Å². The Bertz CT molecular complexity index is 251. The number of carbonyl (C=O) groups excluding carboxylic acids is 1. The number of hydrogen-bond donors (Lipinski definition) is 3. The van der Waals surface area contributed by atoms with Crippen molar-refractivity contribution in [2.24, 2.45) is 11.8 Å². The molecule has 0 aromatic carbocycles. The number of hydrogen-bond acceptors (Lipinski definition) is 3. The second-order valence-corrected chi connectivity index (χ2v) is 5.17. The SMILES string of the molecule is O=C(N[C@H]1C[C@H](CO)[C@H](O)C1)C1CCCC1. The molecule has 92 valence electrons. The summed E-state index contributed by atoms with van der Waals surface area (Å²) in [6.45, 7) is 0.0109. The van der Waals surface area contributed by atoms with E-state index in [1.807, 2.05) is 0 Å². The molecule has 0 saturated heterocycles. The van der Waals surface area contributed by atoms with Crippen LogP contribution in [0, 0.1) is 11.8 Å². The van der Waals surface area contributed by atoms with Gasteiger partial charge >= 0.3 is 0 Å². The molecule has 0 radical (unpaired) electrons. The van der Waals surface area contributed by atoms with Crippen LogP contribution >= 0.6 is 0 Å². The summed E-state index contributed by atoms with van der Waals surface area (Å²) in [6.07, 6.45) is 5.16. The Balaban J connectivity index is 1.79. The molecular weight excluding hydrogens is 206 g/mol. The van der Waals surface area contributed by atoms with Gasteiger partial charge in [0.05, 0.1) is 6.10 Å². The van der Waals surface area contributed by atoms with Crippen molar-refractivity contribution in [1.29, 1.82) is 0 Å². The maximum Gasteiger partial charge on any atom is 0.223 e. The van der Waals surface area contributed by atoms with E-state index in [2.05, 4.69) is 5.32 Å². The van der Waals surface area contributed by atoms with Crippen molar-refractivity contribution in [3.8, 4) is 0 Å². The van der Waals surface area contributed by atoms with Gasteiger partial charge in [-0.3, -0.25) is 4.79 Å². The summed E-state index contributed by atoms with van der Waals surface area (Å²) < 4.78 is 0. The van der Waals surface area contributed by atoms with Crippen LogP contribution in [0.1, 0.15) is 38.5 Å². The molecule has 0 bridgehead atoms. The Morgan fingerprint density at radius 2 is 1.94 bits per heavy atom. The number of carbonyl (C=O) groups is 1. The smallest absolute Gasteiger partial charge is 0.223 e. The molecule has 2 saturated carbocycles. The lowest BCUT2D eigenvalue weighted by Gasteiger charge is -2.15. The fourth-order valence-corrected chi connectivity index (χ4v) is 2.92. The first-order valence-corrected chi connectivity index (χ1v) is 6.30. The first-order valence-electron chi connectivity index (χ1n) is 6.30. The van der Waals surface area contributed by atoms with Crippen molar-refractivity contribution < 1.29 is 15.0 Å². The minimum atomic E-state index is -0.459. The van der Waals surface area contributed by atoms with Gasteiger partial charge in [0.1, 0.15) is 0 Å². The number of nitrogens with one attached hydrogen (secondary N) is 1. The molecule has 1 amide bonds. The molecule has 2 rings (SSSR count). The van der Waals surface area contributed by atoms with E-state index in [1.54, 1.807) is 0 Å². The van der Waals surface area contributed by atoms with Crippen molar-refractivity contribution in [2.75, 3.05) is 6.61 Å². The van der Waals surface area contributed by atoms with E-state index >= 15 is 0 Å². The van der Waals surface area contributed by atoms with Crippen LogP contribution in [-0.2, 0) is 4.79 Å². The minimum Gasteiger partial charge on any atom is -0.396 e. The Hall–Kier alpha value is -0.610. The van der Waals surface area contributed by atoms with Crippen molar-refractivity contribution in [1.82, 2.24) is 5.32 Å². The second-order valence-electron chi connectivity index (χ2n) is 5.17. The molecule has 0 unspecified atom stereocenters. The average Bonchev–Trinajstić information content (AvgIpc) is 2.87. The lowest BCUT2D eigenvalue weighted by Crippen LogP contribution is -2.37. The van der Waals surface area contributed by atoms with Crippen molar-refractivity contribution in [3.63, 3.8) is 0 Å². The van der Waals surface area contributed by atoms with E-state index < -0.39 is 6.10 Å². The molecule has 2 aliphatic carbocycles. The number of rotatable bonds is 3. The van der Waals surface area contributed by atoms with Gasteiger partial charge in [-0.2, -0.15) is 0 Å². The largest absolute Gasteiger partial charge is 0.396 e. The summed E-state index contributed by atoms with van der Waals surface area (Å²) in [7, 11) is 0. The van der Waals surface area contributed by atoms with Gasteiger partial charge in [-0.05, 0) is 25.7 Å². The van der Waals surface area contributed by atoms with Gasteiger partial charge in [-0.25, -0.2) is 0 Å². The minimum absolute atomic E-state index is 0.0109. The highest BCUT2D eigenvalue weighted by Crippen LogP contribution is 2.28. The lowest BCUT2D eigenvalue weighted by molar-refractivity contribution is -0.125. The monoisotopic (exact) mass is 227 g/mol. The molecule has 0 spiro atoms. The molecule has 2 fully saturated rings. The molecule has 0 heterocycles. The zero-order valence-corrected chi connectivity index (χ0v) is 9.56. The molecule has 2 aliphatic rings. The number of amides is 1. The number of aliphatic hydroxyl groups excluding tert-OH is 2. The second kappa shape index (κ2) is 5.15. The number of aliphatic hydroxyl groups is 2. The van der Waals surface area contributed by atoms with Crippen molar-refractivity contribution in [3.05, 3.63) is 0 Å². The maximum absolute atomic E-state index is 11.8. The fraction of sp³-hybridized carbons (Fsp3) is 0.917. The maximum atomic E-state index is 11.8. The quantitative estimate of drug-likeness (QED) is 0.654. The van der Waals surface area contributed by atoms with Gasteiger partial charge in [0.2, 0.25) is 5.91 Å². The molecule has 4 nitrogen and oxygen atoms in total. The Morgan fingerprint density at radius 1 is 1.25 bits per heavy atom. The van der Waals surface area contributed by atoms with E-state index in [4.69, 9.17) is 5.11 Å². The van der Waals surface area contributed by atoms with Crippen LogP contribution in [0.25, 0.3) is 0 Å². The fourth-order valence-electron chi connectivity index (χ4n) is 2.92. The molecule has 3 atom stereocenters. The summed E-state index contributed by atoms with van der Waals surface area (Å²) in [6, 6.07) is 0.0558. The zero-order chi connectivity index (χ0) is 11.5. The van der Waals surface area contributed by atoms with Gasteiger partial charge in [0.25, 0.3) is 0 Å². The predicted molar refractivity (Wildman–Crippen MR) is 59.7 cm³/mol. The third kappa shape index (κ3) is 2.55. The van der Waals surface area contributed by atoms with Crippen molar-refractivity contribution in [2.45, 2.75) is 50.7 Å². The van der Waals surface area contributed by atoms with Gasteiger partial charge in [0.15, 0.2) is 0 Å². The zero-order valence-electron chi connectivity index (χ0n) is 9.56. The highest BCUT2D eigenvalue weighted by Gasteiger charge is 2.34. The molecule has 0 aromatic heterocycles. The van der Waals surface area contributed by atoms with Crippen LogP contribution in [-0.4, -0.2) is 34.9 Å². The van der Waals surface area contributed by atoms with Crippen LogP contribution in [0.3, 0.4) is 0 Å². The Kier molecular flexibility index (Phi) is 3.82. The van der Waals surface area contributed by atoms with E-state index in [9.17, 15) is 9.90 Å². The normalized spacial score (nSPS) is 35.5. The van der Waals surface area contributed by atoms with Gasteiger partial charge in [-0.15, -0.1) is 0 Å². The molecule has 0 aromatic rings. The van der Waals surface area contributed by atoms with E-state index in [0.29, 0.717) is 12.8 Å². The lowest BCUT2D eigenvalue weighted by atomic mass is 10.1. The third-order valence-corrected chi connectivity index (χ3v) is 3.96. The third-order valence-electron chi connectivity index (χ3n) is 3.96. The van der Waals surface area contributed by atoms with Crippen LogP contribution in [0.4, 0.5) is 0 Å². The van der Waals surface area contributed by atoms with Crippen molar-refractivity contribution >= 4 is 5.91 Å². The summed E-state index contributed by atoms with van der Waals surface area (Å²) in [5.74, 6) is 0.271. The average molecular weight is 227 g/mol. The molecule has 0 aliphatic heterocycles. The first kappa shape index (κ1) is 11.9. The highest BCUT2D eigenvalue weighted by molar-refractivity contribution is 5.79. The van der Waals surface area contributed by atoms with Gasteiger partial charge < -0.3 is 15.5 Å². The summed E-state index contributed by atoms with van der Waals surface area (Å²) >= 11 is 0. The van der Waals surface area contributed by atoms with Crippen LogP contribution < -0.4 is 5.32 Å². The van der Waals surface area contributed by atoms with E-state index in [1.165, 1.54) is 0 Å². The standard InChI is InChI=1S/C12H21NO3/c14-7-9-5-10(6-11(9)15)13-12(16)8-3-1-2-4-8/h8-11,14-15H,1-7H2,(H,13,16)/t9-,10+,11-/m1/s1. The predicted octanol–water partition coefficient (Wildman–Crippen LogP) is 0.425. The Morgan fingerprint density at radius 3 is 2.50 bits per heavy atom. The first-order chi connectivity index (χ1) is 7.70. The van der Waals surface area contributed by atoms with Gasteiger partial charge in [-0.1, -0.05) is 12.8 Å². The molecule has 4 heteroatoms. The Labute approximate surface area is 96.0 Å².